The Kier molecular flexibility index (Phi) is 9.24. The van der Waals surface area contributed by atoms with Gasteiger partial charge in [-0.1, -0.05) is 19.8 Å². The van der Waals surface area contributed by atoms with E-state index >= 15 is 0 Å². The van der Waals surface area contributed by atoms with Crippen LogP contribution >= 0.6 is 0 Å². The zero-order valence-corrected chi connectivity index (χ0v) is 21.8. The fourth-order valence-electron chi connectivity index (χ4n) is 4.48. The Hall–Kier alpha value is -2.96. The highest BCUT2D eigenvalue weighted by Crippen LogP contribution is 2.40. The molecule has 0 saturated heterocycles. The van der Waals surface area contributed by atoms with E-state index in [1.807, 2.05) is 33.0 Å². The van der Waals surface area contributed by atoms with Gasteiger partial charge in [0, 0.05) is 36.5 Å². The zero-order chi connectivity index (χ0) is 25.4. The number of nitrogens with zero attached hydrogens (tertiary/aromatic N) is 1. The predicted molar refractivity (Wildman–Crippen MR) is 139 cm³/mol. The third-order valence-corrected chi connectivity index (χ3v) is 6.23. The van der Waals surface area contributed by atoms with Crippen molar-refractivity contribution >= 4 is 6.09 Å². The normalized spacial score (nSPS) is 14.9. The van der Waals surface area contributed by atoms with E-state index in [4.69, 9.17) is 14.2 Å². The lowest BCUT2D eigenvalue weighted by atomic mass is 9.99. The number of alkyl carbamates (subject to hydrolysis) is 1. The van der Waals surface area contributed by atoms with Crippen LogP contribution in [0.2, 0.25) is 0 Å². The lowest BCUT2D eigenvalue weighted by Gasteiger charge is -2.20. The van der Waals surface area contributed by atoms with Gasteiger partial charge in [0.25, 0.3) is 0 Å². The number of hydrogen-bond donors (Lipinski definition) is 1. The number of carbonyl (C=O) groups excluding carboxylic acids is 1. The van der Waals surface area contributed by atoms with Crippen LogP contribution in [0.25, 0.3) is 11.3 Å². The molecule has 192 valence electrons. The molecule has 2 heterocycles. The number of rotatable bonds is 10. The molecule has 1 unspecified atom stereocenters. The lowest BCUT2D eigenvalue weighted by Crippen LogP contribution is -2.32. The van der Waals surface area contributed by atoms with E-state index in [0.29, 0.717) is 24.9 Å². The molecule has 3 rings (SSSR count). The van der Waals surface area contributed by atoms with E-state index < -0.39 is 5.60 Å². The summed E-state index contributed by atoms with van der Waals surface area (Å²) < 4.78 is 19.2. The van der Waals surface area contributed by atoms with Crippen molar-refractivity contribution in [2.24, 2.45) is 0 Å². The van der Waals surface area contributed by atoms with Crippen molar-refractivity contribution in [3.8, 4) is 22.8 Å². The smallest absolute Gasteiger partial charge is 0.407 e. The van der Waals surface area contributed by atoms with Crippen LogP contribution in [0.5, 0.6) is 11.5 Å². The molecule has 35 heavy (non-hydrogen) atoms. The number of ether oxygens (including phenoxy) is 3. The van der Waals surface area contributed by atoms with E-state index in [2.05, 4.69) is 22.9 Å². The van der Waals surface area contributed by atoms with Gasteiger partial charge in [0.2, 0.25) is 0 Å². The molecular formula is C28H40N2O5. The number of aryl methyl sites for hydroxylation is 1. The summed E-state index contributed by atoms with van der Waals surface area (Å²) in [6.45, 7) is 8.96. The summed E-state index contributed by atoms with van der Waals surface area (Å²) in [6.07, 6.45) is 8.34. The summed E-state index contributed by atoms with van der Waals surface area (Å²) in [5.74, 6) is 1.43. The lowest BCUT2D eigenvalue weighted by molar-refractivity contribution is 0.0527. The standard InChI is InChI=1S/C28H40N2O5/c1-6-21-12-11-20-17-26(25(33-5)19-23(20)24-18-22(31)13-15-30(21)24)34-16-10-8-7-9-14-29-27(32)35-28(2,3)4/h13,15,17-19,21H,6-12,14,16H2,1-5H3,(H,29,32). The third-order valence-electron chi connectivity index (χ3n) is 6.23. The highest BCUT2D eigenvalue weighted by atomic mass is 16.6. The molecule has 0 bridgehead atoms. The van der Waals surface area contributed by atoms with Crippen molar-refractivity contribution in [3.05, 3.63) is 46.2 Å². The van der Waals surface area contributed by atoms with E-state index in [1.165, 1.54) is 5.56 Å². The first-order valence-corrected chi connectivity index (χ1v) is 12.7. The Balaban J connectivity index is 1.55. The fourth-order valence-corrected chi connectivity index (χ4v) is 4.48. The van der Waals surface area contributed by atoms with Gasteiger partial charge in [-0.3, -0.25) is 4.79 Å². The number of aromatic nitrogens is 1. The van der Waals surface area contributed by atoms with Crippen LogP contribution in [0.3, 0.4) is 0 Å². The van der Waals surface area contributed by atoms with E-state index in [0.717, 1.165) is 62.0 Å². The summed E-state index contributed by atoms with van der Waals surface area (Å²) in [4.78, 5) is 23.8. The van der Waals surface area contributed by atoms with Crippen molar-refractivity contribution in [2.45, 2.75) is 84.3 Å². The molecular weight excluding hydrogens is 444 g/mol. The van der Waals surface area contributed by atoms with Crippen LogP contribution in [0.1, 0.15) is 77.8 Å². The van der Waals surface area contributed by atoms with Crippen molar-refractivity contribution in [1.82, 2.24) is 9.88 Å². The van der Waals surface area contributed by atoms with Crippen LogP contribution in [0.4, 0.5) is 4.79 Å². The van der Waals surface area contributed by atoms with Gasteiger partial charge < -0.3 is 24.1 Å². The SMILES string of the molecule is CCC1CCc2cc(OCCCCCCNC(=O)OC(C)(C)C)c(OC)cc2-c2cc(=O)ccn21. The van der Waals surface area contributed by atoms with Crippen molar-refractivity contribution in [3.63, 3.8) is 0 Å². The van der Waals surface area contributed by atoms with Crippen LogP contribution in [-0.4, -0.2) is 36.5 Å². The molecule has 0 saturated carbocycles. The largest absolute Gasteiger partial charge is 0.493 e. The fraction of sp³-hybridized carbons (Fsp3) is 0.571. The Morgan fingerprint density at radius 2 is 1.89 bits per heavy atom. The number of unbranched alkanes of at least 4 members (excludes halogenated alkanes) is 3. The van der Waals surface area contributed by atoms with E-state index in [-0.39, 0.29) is 11.5 Å². The average molecular weight is 485 g/mol. The van der Waals surface area contributed by atoms with Gasteiger partial charge in [-0.15, -0.1) is 0 Å². The molecule has 0 radical (unpaired) electrons. The minimum Gasteiger partial charge on any atom is -0.493 e. The van der Waals surface area contributed by atoms with Crippen LogP contribution in [0, 0.1) is 0 Å². The molecule has 1 aliphatic heterocycles. The van der Waals surface area contributed by atoms with Crippen LogP contribution in [-0.2, 0) is 11.2 Å². The number of nitrogens with one attached hydrogen (secondary N) is 1. The molecule has 7 nitrogen and oxygen atoms in total. The number of fused-ring (bicyclic) bond motifs is 3. The highest BCUT2D eigenvalue weighted by Gasteiger charge is 2.22. The first kappa shape index (κ1) is 26.6. The van der Waals surface area contributed by atoms with Crippen molar-refractivity contribution in [2.75, 3.05) is 20.3 Å². The number of amides is 1. The summed E-state index contributed by atoms with van der Waals surface area (Å²) in [7, 11) is 1.65. The molecule has 0 aliphatic carbocycles. The summed E-state index contributed by atoms with van der Waals surface area (Å²) in [5, 5.41) is 2.79. The Morgan fingerprint density at radius 3 is 2.60 bits per heavy atom. The van der Waals surface area contributed by atoms with Crippen molar-refractivity contribution in [1.29, 1.82) is 0 Å². The topological polar surface area (TPSA) is 78.8 Å². The molecule has 1 N–H and O–H groups in total. The molecule has 7 heteroatoms. The number of hydrogen-bond acceptors (Lipinski definition) is 5. The van der Waals surface area contributed by atoms with Crippen molar-refractivity contribution < 1.29 is 19.0 Å². The van der Waals surface area contributed by atoms with E-state index in [1.54, 1.807) is 19.2 Å². The van der Waals surface area contributed by atoms with Gasteiger partial charge in [-0.25, -0.2) is 4.79 Å². The molecule has 1 amide bonds. The molecule has 1 aliphatic rings. The Morgan fingerprint density at radius 1 is 1.11 bits per heavy atom. The van der Waals surface area contributed by atoms with Crippen LogP contribution < -0.4 is 20.2 Å². The number of carbonyl (C=O) groups is 1. The van der Waals surface area contributed by atoms with Gasteiger partial charge in [-0.2, -0.15) is 0 Å². The summed E-state index contributed by atoms with van der Waals surface area (Å²) >= 11 is 0. The average Bonchev–Trinajstić information content (AvgIpc) is 2.94. The molecule has 1 aromatic heterocycles. The van der Waals surface area contributed by atoms with E-state index in [9.17, 15) is 9.59 Å². The molecule has 1 atom stereocenters. The second kappa shape index (κ2) is 12.1. The van der Waals surface area contributed by atoms with Gasteiger partial charge in [0.1, 0.15) is 5.60 Å². The van der Waals surface area contributed by atoms with Gasteiger partial charge >= 0.3 is 6.09 Å². The number of benzene rings is 1. The van der Waals surface area contributed by atoms with Gasteiger partial charge in [0.05, 0.1) is 19.4 Å². The monoisotopic (exact) mass is 484 g/mol. The Bertz CT molecular complexity index is 1050. The summed E-state index contributed by atoms with van der Waals surface area (Å²) in [5.41, 5.74) is 2.71. The molecule has 0 fully saturated rings. The third kappa shape index (κ3) is 7.51. The highest BCUT2D eigenvalue weighted by molar-refractivity contribution is 5.70. The number of pyridine rings is 1. The minimum absolute atomic E-state index is 0.0135. The molecule has 1 aromatic carbocycles. The van der Waals surface area contributed by atoms with Gasteiger partial charge in [-0.05, 0) is 70.6 Å². The molecule has 2 aromatic rings. The zero-order valence-electron chi connectivity index (χ0n) is 21.8. The quantitative estimate of drug-likeness (QED) is 0.426. The molecule has 0 spiro atoms. The van der Waals surface area contributed by atoms with Crippen LogP contribution in [0.15, 0.2) is 35.3 Å². The maximum atomic E-state index is 12.1. The first-order valence-electron chi connectivity index (χ1n) is 12.7. The predicted octanol–water partition coefficient (Wildman–Crippen LogP) is 5.89. The maximum absolute atomic E-state index is 12.1. The second-order valence-electron chi connectivity index (χ2n) is 10.1. The van der Waals surface area contributed by atoms with Gasteiger partial charge in [0.15, 0.2) is 16.9 Å². The first-order chi connectivity index (χ1) is 16.7. The Labute approximate surface area is 208 Å². The maximum Gasteiger partial charge on any atom is 0.407 e. The minimum atomic E-state index is -0.475. The second-order valence-corrected chi connectivity index (χ2v) is 10.1. The summed E-state index contributed by atoms with van der Waals surface area (Å²) in [6, 6.07) is 7.82. The number of methoxy groups -OCH3 is 1.